The Labute approximate surface area is 190 Å². The fourth-order valence-electron chi connectivity index (χ4n) is 2.94. The summed E-state index contributed by atoms with van der Waals surface area (Å²) < 4.78 is 2.88. The highest BCUT2D eigenvalue weighted by atomic mass is 79.9. The Morgan fingerprint density at radius 2 is 1.87 bits per heavy atom. The van der Waals surface area contributed by atoms with E-state index in [1.165, 1.54) is 0 Å². The highest BCUT2D eigenvalue weighted by molar-refractivity contribution is 9.10. The molecule has 3 aromatic rings. The van der Waals surface area contributed by atoms with Gasteiger partial charge < -0.3 is 9.90 Å². The number of thiocarbonyl (C=S) groups is 1. The molecule has 30 heavy (non-hydrogen) atoms. The Morgan fingerprint density at radius 1 is 1.17 bits per heavy atom. The molecule has 0 bridgehead atoms. The van der Waals surface area contributed by atoms with Gasteiger partial charge in [0.15, 0.2) is 0 Å². The molecular weight excluding hydrogens is 486 g/mol. The second-order valence-corrected chi connectivity index (χ2v) is 8.95. The minimum absolute atomic E-state index is 0.191. The highest BCUT2D eigenvalue weighted by Gasteiger charge is 2.32. The molecule has 150 valence electrons. The van der Waals surface area contributed by atoms with Crippen LogP contribution in [-0.2, 0) is 9.59 Å². The standard InChI is InChI=1S/C21H14BrN3O3S2/c22-15-8-6-13(7-9-15)19-14(11-25(23-19)16-4-2-1-3-5-16)10-17-20(28)24(12-18(26)27)21(29)30-17/h1-11H,12H2,(H,26,27)/p-1/b17-10-. The van der Waals surface area contributed by atoms with Gasteiger partial charge in [0.2, 0.25) is 0 Å². The van der Waals surface area contributed by atoms with Crippen LogP contribution in [0.2, 0.25) is 0 Å². The fourth-order valence-corrected chi connectivity index (χ4v) is 4.45. The van der Waals surface area contributed by atoms with E-state index in [0.717, 1.165) is 37.9 Å². The lowest BCUT2D eigenvalue weighted by molar-refractivity contribution is -0.305. The monoisotopic (exact) mass is 498 g/mol. The molecule has 2 aromatic carbocycles. The highest BCUT2D eigenvalue weighted by Crippen LogP contribution is 2.34. The summed E-state index contributed by atoms with van der Waals surface area (Å²) in [6.07, 6.45) is 3.52. The van der Waals surface area contributed by atoms with Crippen LogP contribution in [0.5, 0.6) is 0 Å². The molecule has 0 saturated carbocycles. The lowest BCUT2D eigenvalue weighted by Crippen LogP contribution is -2.40. The first-order chi connectivity index (χ1) is 14.4. The number of hydrogen-bond acceptors (Lipinski definition) is 6. The maximum atomic E-state index is 12.6. The molecule has 0 aliphatic carbocycles. The maximum absolute atomic E-state index is 12.6. The molecule has 1 fully saturated rings. The number of carboxylic acids is 1. The summed E-state index contributed by atoms with van der Waals surface area (Å²) in [5.41, 5.74) is 3.16. The molecule has 2 heterocycles. The van der Waals surface area contributed by atoms with Crippen LogP contribution in [0.1, 0.15) is 5.56 Å². The third-order valence-corrected chi connectivity index (χ3v) is 6.23. The predicted octanol–water partition coefficient (Wildman–Crippen LogP) is 3.25. The van der Waals surface area contributed by atoms with Crippen LogP contribution in [0, 0.1) is 0 Å². The first-order valence-electron chi connectivity index (χ1n) is 8.78. The fraction of sp³-hybridized carbons (Fsp3) is 0.0476. The number of rotatable bonds is 5. The molecule has 0 spiro atoms. The van der Waals surface area contributed by atoms with Crippen molar-refractivity contribution in [3.05, 3.63) is 75.7 Å². The van der Waals surface area contributed by atoms with E-state index in [1.54, 1.807) is 10.8 Å². The zero-order valence-electron chi connectivity index (χ0n) is 15.3. The number of benzene rings is 2. The minimum Gasteiger partial charge on any atom is -0.548 e. The van der Waals surface area contributed by atoms with Crippen molar-refractivity contribution in [1.82, 2.24) is 14.7 Å². The van der Waals surface area contributed by atoms with Gasteiger partial charge in [0, 0.05) is 21.8 Å². The van der Waals surface area contributed by atoms with E-state index in [-0.39, 0.29) is 4.32 Å². The Morgan fingerprint density at radius 3 is 2.53 bits per heavy atom. The van der Waals surface area contributed by atoms with Crippen molar-refractivity contribution in [3.8, 4) is 16.9 Å². The summed E-state index contributed by atoms with van der Waals surface area (Å²) >= 11 is 9.66. The van der Waals surface area contributed by atoms with E-state index < -0.39 is 18.4 Å². The molecule has 1 aliphatic heterocycles. The van der Waals surface area contributed by atoms with Crippen LogP contribution >= 0.6 is 39.9 Å². The maximum Gasteiger partial charge on any atom is 0.266 e. The Kier molecular flexibility index (Phi) is 5.85. The molecular formula is C21H13BrN3O3S2-. The molecule has 1 amide bonds. The molecule has 9 heteroatoms. The smallest absolute Gasteiger partial charge is 0.266 e. The largest absolute Gasteiger partial charge is 0.548 e. The van der Waals surface area contributed by atoms with Crippen molar-refractivity contribution in [3.63, 3.8) is 0 Å². The lowest BCUT2D eigenvalue weighted by atomic mass is 10.1. The number of aromatic nitrogens is 2. The van der Waals surface area contributed by atoms with Crippen LogP contribution in [0.4, 0.5) is 0 Å². The molecule has 0 atom stereocenters. The third-order valence-electron chi connectivity index (χ3n) is 4.33. The zero-order chi connectivity index (χ0) is 21.3. The van der Waals surface area contributed by atoms with Crippen LogP contribution in [0.3, 0.4) is 0 Å². The first-order valence-corrected chi connectivity index (χ1v) is 10.8. The van der Waals surface area contributed by atoms with E-state index in [1.807, 2.05) is 60.8 Å². The summed E-state index contributed by atoms with van der Waals surface area (Å²) in [6, 6.07) is 17.3. The van der Waals surface area contributed by atoms with Gasteiger partial charge in [-0.25, -0.2) is 4.68 Å². The van der Waals surface area contributed by atoms with Crippen LogP contribution in [-0.4, -0.2) is 37.4 Å². The van der Waals surface area contributed by atoms with Gasteiger partial charge >= 0.3 is 0 Å². The summed E-state index contributed by atoms with van der Waals surface area (Å²) in [5, 5.41) is 15.6. The second-order valence-electron chi connectivity index (χ2n) is 6.36. The zero-order valence-corrected chi connectivity index (χ0v) is 18.5. The molecule has 0 N–H and O–H groups in total. The minimum atomic E-state index is -1.36. The average molecular weight is 499 g/mol. The van der Waals surface area contributed by atoms with Gasteiger partial charge in [0.1, 0.15) is 4.32 Å². The molecule has 4 rings (SSSR count). The lowest BCUT2D eigenvalue weighted by Gasteiger charge is -2.14. The molecule has 0 radical (unpaired) electrons. The van der Waals surface area contributed by atoms with Crippen LogP contribution in [0.25, 0.3) is 23.0 Å². The van der Waals surface area contributed by atoms with Crippen LogP contribution in [0.15, 0.2) is 70.2 Å². The van der Waals surface area contributed by atoms with Crippen molar-refractivity contribution in [2.45, 2.75) is 0 Å². The second kappa shape index (κ2) is 8.55. The van der Waals surface area contributed by atoms with Gasteiger partial charge in [-0.1, -0.05) is 70.2 Å². The van der Waals surface area contributed by atoms with E-state index in [0.29, 0.717) is 10.6 Å². The van der Waals surface area contributed by atoms with Crippen molar-refractivity contribution in [2.24, 2.45) is 0 Å². The Hall–Kier alpha value is -2.75. The number of nitrogens with zero attached hydrogens (tertiary/aromatic N) is 3. The van der Waals surface area contributed by atoms with Crippen LogP contribution < -0.4 is 5.11 Å². The number of hydrogen-bond donors (Lipinski definition) is 0. The molecule has 0 unspecified atom stereocenters. The van der Waals surface area contributed by atoms with E-state index >= 15 is 0 Å². The van der Waals surface area contributed by atoms with Gasteiger partial charge in [0.05, 0.1) is 28.8 Å². The van der Waals surface area contributed by atoms with E-state index in [2.05, 4.69) is 15.9 Å². The van der Waals surface area contributed by atoms with Crippen molar-refractivity contribution >= 4 is 62.2 Å². The molecule has 1 aliphatic rings. The van der Waals surface area contributed by atoms with Crippen molar-refractivity contribution < 1.29 is 14.7 Å². The van der Waals surface area contributed by atoms with Crippen molar-refractivity contribution in [1.29, 1.82) is 0 Å². The SMILES string of the molecule is O=C([O-])CN1C(=O)/C(=C/c2cn(-c3ccccc3)nc2-c2ccc(Br)cc2)SC1=S. The third kappa shape index (κ3) is 4.23. The number of amides is 1. The quantitative estimate of drug-likeness (QED) is 0.396. The topological polar surface area (TPSA) is 78.3 Å². The number of aliphatic carboxylic acids is 1. The van der Waals surface area contributed by atoms with Gasteiger partial charge in [-0.2, -0.15) is 5.10 Å². The number of para-hydroxylation sites is 1. The summed E-state index contributed by atoms with van der Waals surface area (Å²) in [5.74, 6) is -1.82. The van der Waals surface area contributed by atoms with Crippen molar-refractivity contribution in [2.75, 3.05) is 6.54 Å². The number of carboxylic acid groups (broad SMARTS) is 1. The summed E-state index contributed by atoms with van der Waals surface area (Å²) in [7, 11) is 0. The number of carbonyl (C=O) groups is 2. The van der Waals surface area contributed by atoms with Gasteiger partial charge in [-0.3, -0.25) is 9.69 Å². The Balaban J connectivity index is 1.78. The summed E-state index contributed by atoms with van der Waals surface area (Å²) in [4.78, 5) is 24.9. The van der Waals surface area contributed by atoms with Gasteiger partial charge in [0.25, 0.3) is 5.91 Å². The number of carbonyl (C=O) groups excluding carboxylic acids is 2. The van der Waals surface area contributed by atoms with E-state index in [4.69, 9.17) is 17.3 Å². The molecule has 6 nitrogen and oxygen atoms in total. The average Bonchev–Trinajstić information content (AvgIpc) is 3.26. The first kappa shape index (κ1) is 20.5. The number of halogens is 1. The van der Waals surface area contributed by atoms with Gasteiger partial charge in [-0.15, -0.1) is 0 Å². The van der Waals surface area contributed by atoms with Gasteiger partial charge in [-0.05, 0) is 30.3 Å². The normalized spacial score (nSPS) is 15.2. The van der Waals surface area contributed by atoms with E-state index in [9.17, 15) is 14.7 Å². The predicted molar refractivity (Wildman–Crippen MR) is 122 cm³/mol. The number of thioether (sulfide) groups is 1. The molecule has 1 saturated heterocycles. The summed E-state index contributed by atoms with van der Waals surface area (Å²) in [6.45, 7) is -0.565. The Bertz CT molecular complexity index is 1170. The molecule has 1 aromatic heterocycles.